The monoisotopic (exact) mass is 289 g/mol. The summed E-state index contributed by atoms with van der Waals surface area (Å²) in [5, 5.41) is 28.6. The molecule has 21 heavy (non-hydrogen) atoms. The van der Waals surface area contributed by atoms with Gasteiger partial charge in [0.15, 0.2) is 0 Å². The van der Waals surface area contributed by atoms with Crippen LogP contribution in [0.4, 0.5) is 11.4 Å². The first-order valence-corrected chi connectivity index (χ1v) is 6.66. The van der Waals surface area contributed by atoms with Crippen LogP contribution in [0.5, 0.6) is 0 Å². The number of nitrogens with zero attached hydrogens (tertiary/aromatic N) is 3. The van der Waals surface area contributed by atoms with E-state index in [1.54, 1.807) is 6.07 Å². The van der Waals surface area contributed by atoms with Crippen molar-refractivity contribution in [1.82, 2.24) is 0 Å². The number of carbonyl (C=O) groups is 1. The minimum absolute atomic E-state index is 0.0464. The van der Waals surface area contributed by atoms with Crippen LogP contribution in [-0.2, 0) is 4.79 Å². The average molecular weight is 289 g/mol. The molecule has 1 aromatic rings. The Bertz CT molecular complexity index is 601. The summed E-state index contributed by atoms with van der Waals surface area (Å²) >= 11 is 0. The maximum Gasteiger partial charge on any atom is 0.303 e. The lowest BCUT2D eigenvalue weighted by molar-refractivity contribution is -0.385. The van der Waals surface area contributed by atoms with Crippen LogP contribution < -0.4 is 4.90 Å². The Kier molecular flexibility index (Phi) is 4.38. The molecule has 0 unspecified atom stereocenters. The molecule has 0 aliphatic carbocycles. The molecule has 1 N–H and O–H groups in total. The molecule has 0 saturated carbocycles. The molecule has 0 radical (unpaired) electrons. The number of nitriles is 1. The number of aliphatic carboxylic acids is 1. The molecule has 0 spiro atoms. The Balaban J connectivity index is 2.09. The number of rotatable bonds is 4. The zero-order valence-corrected chi connectivity index (χ0v) is 11.4. The summed E-state index contributed by atoms with van der Waals surface area (Å²) in [5.41, 5.74) is 0.623. The van der Waals surface area contributed by atoms with Crippen molar-refractivity contribution < 1.29 is 14.8 Å². The largest absolute Gasteiger partial charge is 0.481 e. The maximum absolute atomic E-state index is 10.8. The number of piperidine rings is 1. The highest BCUT2D eigenvalue weighted by atomic mass is 16.6. The Hall–Kier alpha value is -2.62. The summed E-state index contributed by atoms with van der Waals surface area (Å²) < 4.78 is 0. The van der Waals surface area contributed by atoms with Crippen molar-refractivity contribution in [2.24, 2.45) is 5.92 Å². The molecule has 1 aliphatic heterocycles. The maximum atomic E-state index is 10.8. The standard InChI is InChI=1S/C14H15N3O4/c15-9-11-8-12(1-2-13(11)17(20)21)16-5-3-10(4-6-16)7-14(18)19/h1-2,8,10H,3-7H2,(H,18,19). The number of nitro benzene ring substituents is 1. The van der Waals surface area contributed by atoms with Crippen molar-refractivity contribution in [3.63, 3.8) is 0 Å². The molecule has 1 heterocycles. The number of carboxylic acid groups (broad SMARTS) is 1. The predicted molar refractivity (Wildman–Crippen MR) is 75.0 cm³/mol. The number of hydrogen-bond acceptors (Lipinski definition) is 5. The highest BCUT2D eigenvalue weighted by molar-refractivity contribution is 5.67. The molecule has 2 rings (SSSR count). The second-order valence-corrected chi connectivity index (χ2v) is 5.10. The second kappa shape index (κ2) is 6.22. The molecule has 1 aliphatic rings. The van der Waals surface area contributed by atoms with E-state index in [2.05, 4.69) is 0 Å². The first-order chi connectivity index (χ1) is 10.0. The van der Waals surface area contributed by atoms with Gasteiger partial charge in [-0.1, -0.05) is 0 Å². The fourth-order valence-electron chi connectivity index (χ4n) is 2.61. The second-order valence-electron chi connectivity index (χ2n) is 5.10. The molecule has 7 heteroatoms. The third-order valence-corrected chi connectivity index (χ3v) is 3.74. The van der Waals surface area contributed by atoms with Crippen LogP contribution in [0.3, 0.4) is 0 Å². The quantitative estimate of drug-likeness (QED) is 0.672. The SMILES string of the molecule is N#Cc1cc(N2CCC(CC(=O)O)CC2)ccc1[N+](=O)[O-]. The van der Waals surface area contributed by atoms with Crippen LogP contribution in [0.2, 0.25) is 0 Å². The molecular formula is C14H15N3O4. The van der Waals surface area contributed by atoms with Gasteiger partial charge in [-0.3, -0.25) is 14.9 Å². The molecule has 1 aromatic carbocycles. The molecule has 0 bridgehead atoms. The zero-order chi connectivity index (χ0) is 15.4. The summed E-state index contributed by atoms with van der Waals surface area (Å²) in [4.78, 5) is 23.0. The summed E-state index contributed by atoms with van der Waals surface area (Å²) in [5.74, 6) is -0.609. The van der Waals surface area contributed by atoms with E-state index < -0.39 is 10.9 Å². The van der Waals surface area contributed by atoms with Crippen molar-refractivity contribution >= 4 is 17.3 Å². The topological polar surface area (TPSA) is 107 Å². The van der Waals surface area contributed by atoms with Crippen molar-refractivity contribution in [1.29, 1.82) is 5.26 Å². The number of carboxylic acids is 1. The van der Waals surface area contributed by atoms with Crippen LogP contribution >= 0.6 is 0 Å². The predicted octanol–water partition coefficient (Wildman–Crippen LogP) is 2.16. The third-order valence-electron chi connectivity index (χ3n) is 3.74. The summed E-state index contributed by atoms with van der Waals surface area (Å²) in [7, 11) is 0. The van der Waals surface area contributed by atoms with E-state index in [-0.39, 0.29) is 23.6 Å². The molecule has 110 valence electrons. The van der Waals surface area contributed by atoms with Gasteiger partial charge in [0, 0.05) is 31.3 Å². The van der Waals surface area contributed by atoms with Gasteiger partial charge in [0.05, 0.1) is 4.92 Å². The smallest absolute Gasteiger partial charge is 0.303 e. The highest BCUT2D eigenvalue weighted by Gasteiger charge is 2.23. The lowest BCUT2D eigenvalue weighted by Gasteiger charge is -2.33. The lowest BCUT2D eigenvalue weighted by Crippen LogP contribution is -2.34. The minimum Gasteiger partial charge on any atom is -0.481 e. The van der Waals surface area contributed by atoms with E-state index in [1.807, 2.05) is 11.0 Å². The number of nitro groups is 1. The van der Waals surface area contributed by atoms with Crippen molar-refractivity contribution in [3.8, 4) is 6.07 Å². The molecule has 0 amide bonds. The zero-order valence-electron chi connectivity index (χ0n) is 11.4. The van der Waals surface area contributed by atoms with Gasteiger partial charge < -0.3 is 10.0 Å². The van der Waals surface area contributed by atoms with E-state index in [1.165, 1.54) is 12.1 Å². The van der Waals surface area contributed by atoms with E-state index in [9.17, 15) is 14.9 Å². The Morgan fingerprint density at radius 1 is 1.48 bits per heavy atom. The van der Waals surface area contributed by atoms with E-state index in [0.29, 0.717) is 13.1 Å². The van der Waals surface area contributed by atoms with E-state index >= 15 is 0 Å². The first-order valence-electron chi connectivity index (χ1n) is 6.66. The number of benzene rings is 1. The van der Waals surface area contributed by atoms with Crippen LogP contribution in [0.1, 0.15) is 24.8 Å². The van der Waals surface area contributed by atoms with E-state index in [0.717, 1.165) is 18.5 Å². The van der Waals surface area contributed by atoms with Gasteiger partial charge in [0.2, 0.25) is 0 Å². The molecular weight excluding hydrogens is 274 g/mol. The van der Waals surface area contributed by atoms with Gasteiger partial charge in [-0.15, -0.1) is 0 Å². The molecule has 1 saturated heterocycles. The van der Waals surface area contributed by atoms with Gasteiger partial charge in [0.25, 0.3) is 5.69 Å². The highest BCUT2D eigenvalue weighted by Crippen LogP contribution is 2.28. The number of anilines is 1. The van der Waals surface area contributed by atoms with Gasteiger partial charge >= 0.3 is 5.97 Å². The van der Waals surface area contributed by atoms with Crippen molar-refractivity contribution in [3.05, 3.63) is 33.9 Å². The third kappa shape index (κ3) is 3.48. The first kappa shape index (κ1) is 14.8. The minimum atomic E-state index is -0.782. The van der Waals surface area contributed by atoms with Crippen molar-refractivity contribution in [2.75, 3.05) is 18.0 Å². The summed E-state index contributed by atoms with van der Waals surface area (Å²) in [6.07, 6.45) is 1.72. The van der Waals surface area contributed by atoms with Crippen LogP contribution in [0.15, 0.2) is 18.2 Å². The Morgan fingerprint density at radius 3 is 2.67 bits per heavy atom. The fraction of sp³-hybridized carbons (Fsp3) is 0.429. The molecule has 7 nitrogen and oxygen atoms in total. The average Bonchev–Trinajstić information content (AvgIpc) is 2.46. The van der Waals surface area contributed by atoms with Gasteiger partial charge in [0.1, 0.15) is 11.6 Å². The van der Waals surface area contributed by atoms with Crippen LogP contribution in [0.25, 0.3) is 0 Å². The molecule has 0 atom stereocenters. The van der Waals surface area contributed by atoms with E-state index in [4.69, 9.17) is 10.4 Å². The Labute approximate surface area is 121 Å². The van der Waals surface area contributed by atoms with Gasteiger partial charge in [-0.05, 0) is 30.9 Å². The van der Waals surface area contributed by atoms with Crippen LogP contribution in [-0.4, -0.2) is 29.1 Å². The fourth-order valence-corrected chi connectivity index (χ4v) is 2.61. The van der Waals surface area contributed by atoms with Gasteiger partial charge in [-0.25, -0.2) is 0 Å². The molecule has 1 fully saturated rings. The number of hydrogen-bond donors (Lipinski definition) is 1. The lowest BCUT2D eigenvalue weighted by atomic mass is 9.93. The summed E-state index contributed by atoms with van der Waals surface area (Å²) in [6.45, 7) is 1.39. The normalized spacial score (nSPS) is 15.5. The Morgan fingerprint density at radius 2 is 2.14 bits per heavy atom. The summed E-state index contributed by atoms with van der Waals surface area (Å²) in [6, 6.07) is 6.35. The van der Waals surface area contributed by atoms with Crippen molar-refractivity contribution in [2.45, 2.75) is 19.3 Å². The van der Waals surface area contributed by atoms with Crippen LogP contribution in [0, 0.1) is 27.4 Å². The molecule has 0 aromatic heterocycles. The van der Waals surface area contributed by atoms with Gasteiger partial charge in [-0.2, -0.15) is 5.26 Å².